The van der Waals surface area contributed by atoms with Crippen molar-refractivity contribution >= 4 is 11.6 Å². The van der Waals surface area contributed by atoms with E-state index in [1.165, 1.54) is 12.1 Å². The summed E-state index contributed by atoms with van der Waals surface area (Å²) < 4.78 is 18.8. The number of ether oxygens (including phenoxy) is 1. The molecule has 3 rings (SSSR count). The Bertz CT molecular complexity index is 708. The van der Waals surface area contributed by atoms with Crippen LogP contribution in [-0.4, -0.2) is 19.1 Å². The number of nitrogens with one attached hydrogen (secondary N) is 3. The quantitative estimate of drug-likeness (QED) is 0.811. The van der Waals surface area contributed by atoms with E-state index in [0.717, 1.165) is 11.3 Å². The molecule has 0 bridgehead atoms. The van der Waals surface area contributed by atoms with E-state index >= 15 is 0 Å². The monoisotopic (exact) mass is 315 g/mol. The summed E-state index contributed by atoms with van der Waals surface area (Å²) in [5.74, 6) is 0.0488. The second kappa shape index (κ2) is 6.76. The molecule has 3 N–H and O–H groups in total. The lowest BCUT2D eigenvalue weighted by molar-refractivity contribution is -0.117. The van der Waals surface area contributed by atoms with Gasteiger partial charge in [-0.15, -0.1) is 0 Å². The van der Waals surface area contributed by atoms with E-state index < -0.39 is 11.9 Å². The Morgan fingerprint density at radius 2 is 2.04 bits per heavy atom. The fourth-order valence-corrected chi connectivity index (χ4v) is 2.59. The van der Waals surface area contributed by atoms with Gasteiger partial charge in [0.1, 0.15) is 17.6 Å². The third-order valence-electron chi connectivity index (χ3n) is 3.85. The molecule has 2 aromatic carbocycles. The van der Waals surface area contributed by atoms with Crippen LogP contribution in [0.5, 0.6) is 5.75 Å². The summed E-state index contributed by atoms with van der Waals surface area (Å²) in [5.41, 5.74) is 7.26. The molecular formula is C17H18FN3O2. The first-order chi connectivity index (χ1) is 11.2. The van der Waals surface area contributed by atoms with Crippen LogP contribution in [0.1, 0.15) is 18.0 Å². The van der Waals surface area contributed by atoms with E-state index in [1.54, 1.807) is 19.2 Å². The fraction of sp³-hybridized carbons (Fsp3) is 0.235. The Balaban J connectivity index is 1.65. The molecule has 23 heavy (non-hydrogen) atoms. The van der Waals surface area contributed by atoms with Crippen LogP contribution in [0.15, 0.2) is 48.5 Å². The van der Waals surface area contributed by atoms with E-state index in [-0.39, 0.29) is 17.6 Å². The molecule has 0 spiro atoms. The number of para-hydroxylation sites is 1. The van der Waals surface area contributed by atoms with E-state index in [4.69, 9.17) is 4.74 Å². The summed E-state index contributed by atoms with van der Waals surface area (Å²) in [5, 5.41) is 2.61. The molecule has 6 heteroatoms. The number of carbonyl (C=O) groups excluding carboxylic acids is 1. The SMILES string of the molecule is COc1cccc(C2CC(C(=O)Nc3ccccc3F)NN2)c1. The summed E-state index contributed by atoms with van der Waals surface area (Å²) in [7, 11) is 1.62. The minimum atomic E-state index is -0.448. The zero-order chi connectivity index (χ0) is 16.2. The van der Waals surface area contributed by atoms with E-state index in [0.29, 0.717) is 6.42 Å². The average Bonchev–Trinajstić information content (AvgIpc) is 3.07. The Morgan fingerprint density at radius 1 is 1.22 bits per heavy atom. The molecule has 120 valence electrons. The van der Waals surface area contributed by atoms with E-state index in [1.807, 2.05) is 24.3 Å². The normalized spacial score (nSPS) is 20.3. The van der Waals surface area contributed by atoms with Crippen LogP contribution in [-0.2, 0) is 4.79 Å². The van der Waals surface area contributed by atoms with Crippen LogP contribution in [0.25, 0.3) is 0 Å². The highest BCUT2D eigenvalue weighted by molar-refractivity contribution is 5.95. The minimum absolute atomic E-state index is 0.0125. The van der Waals surface area contributed by atoms with Gasteiger partial charge in [-0.1, -0.05) is 24.3 Å². The summed E-state index contributed by atoms with van der Waals surface area (Å²) in [6, 6.07) is 13.3. The number of anilines is 1. The van der Waals surface area contributed by atoms with Gasteiger partial charge in [-0.2, -0.15) is 0 Å². The van der Waals surface area contributed by atoms with Crippen molar-refractivity contribution in [2.75, 3.05) is 12.4 Å². The summed E-state index contributed by atoms with van der Waals surface area (Å²) in [6.45, 7) is 0. The molecule has 0 saturated carbocycles. The van der Waals surface area contributed by atoms with Gasteiger partial charge < -0.3 is 10.1 Å². The molecule has 2 aromatic rings. The van der Waals surface area contributed by atoms with Crippen LogP contribution in [0.2, 0.25) is 0 Å². The molecule has 0 aliphatic carbocycles. The smallest absolute Gasteiger partial charge is 0.243 e. The Labute approximate surface area is 133 Å². The van der Waals surface area contributed by atoms with Crippen molar-refractivity contribution in [2.45, 2.75) is 18.5 Å². The number of benzene rings is 2. The number of hydrazine groups is 1. The molecular weight excluding hydrogens is 297 g/mol. The average molecular weight is 315 g/mol. The van der Waals surface area contributed by atoms with Gasteiger partial charge in [0.2, 0.25) is 5.91 Å². The zero-order valence-corrected chi connectivity index (χ0v) is 12.7. The Kier molecular flexibility index (Phi) is 4.55. The molecule has 1 saturated heterocycles. The molecule has 0 aromatic heterocycles. The number of halogens is 1. The molecule has 2 atom stereocenters. The van der Waals surface area contributed by atoms with Gasteiger partial charge in [-0.05, 0) is 36.2 Å². The lowest BCUT2D eigenvalue weighted by Gasteiger charge is -2.12. The van der Waals surface area contributed by atoms with Gasteiger partial charge in [0.15, 0.2) is 0 Å². The number of rotatable bonds is 4. The zero-order valence-electron chi connectivity index (χ0n) is 12.7. The van der Waals surface area contributed by atoms with E-state index in [9.17, 15) is 9.18 Å². The van der Waals surface area contributed by atoms with Crippen molar-refractivity contribution in [3.05, 3.63) is 59.9 Å². The molecule has 1 aliphatic rings. The lowest BCUT2D eigenvalue weighted by atomic mass is 10.0. The third-order valence-corrected chi connectivity index (χ3v) is 3.85. The first kappa shape index (κ1) is 15.5. The number of methoxy groups -OCH3 is 1. The molecule has 1 aliphatic heterocycles. The second-order valence-corrected chi connectivity index (χ2v) is 5.38. The predicted octanol–water partition coefficient (Wildman–Crippen LogP) is 2.38. The summed E-state index contributed by atoms with van der Waals surface area (Å²) >= 11 is 0. The lowest BCUT2D eigenvalue weighted by Crippen LogP contribution is -2.39. The first-order valence-electron chi connectivity index (χ1n) is 7.38. The van der Waals surface area contributed by atoms with Crippen LogP contribution in [0.4, 0.5) is 10.1 Å². The number of amides is 1. The predicted molar refractivity (Wildman–Crippen MR) is 85.4 cm³/mol. The van der Waals surface area contributed by atoms with Gasteiger partial charge in [0, 0.05) is 6.04 Å². The van der Waals surface area contributed by atoms with Gasteiger partial charge >= 0.3 is 0 Å². The Morgan fingerprint density at radius 3 is 2.83 bits per heavy atom. The molecule has 5 nitrogen and oxygen atoms in total. The van der Waals surface area contributed by atoms with Crippen molar-refractivity contribution in [1.29, 1.82) is 0 Å². The maximum atomic E-state index is 13.6. The molecule has 1 fully saturated rings. The second-order valence-electron chi connectivity index (χ2n) is 5.38. The largest absolute Gasteiger partial charge is 0.497 e. The number of carbonyl (C=O) groups is 1. The van der Waals surface area contributed by atoms with Crippen LogP contribution < -0.4 is 20.9 Å². The van der Waals surface area contributed by atoms with Gasteiger partial charge in [0.25, 0.3) is 0 Å². The standard InChI is InChI=1S/C17H18FN3O2/c1-23-12-6-4-5-11(9-12)15-10-16(21-20-15)17(22)19-14-8-3-2-7-13(14)18/h2-9,15-16,20-21H,10H2,1H3,(H,19,22). The molecule has 1 amide bonds. The van der Waals surface area contributed by atoms with Crippen molar-refractivity contribution in [1.82, 2.24) is 10.9 Å². The third kappa shape index (κ3) is 3.49. The van der Waals surface area contributed by atoms with Crippen molar-refractivity contribution in [3.8, 4) is 5.75 Å². The maximum absolute atomic E-state index is 13.6. The number of hydrogen-bond acceptors (Lipinski definition) is 4. The highest BCUT2D eigenvalue weighted by Crippen LogP contribution is 2.26. The van der Waals surface area contributed by atoms with Crippen LogP contribution >= 0.6 is 0 Å². The molecule has 0 radical (unpaired) electrons. The first-order valence-corrected chi connectivity index (χ1v) is 7.38. The van der Waals surface area contributed by atoms with Crippen molar-refractivity contribution in [3.63, 3.8) is 0 Å². The summed E-state index contributed by atoms with van der Waals surface area (Å²) in [4.78, 5) is 12.3. The highest BCUT2D eigenvalue weighted by Gasteiger charge is 2.30. The Hall–Kier alpha value is -2.44. The topological polar surface area (TPSA) is 62.4 Å². The van der Waals surface area contributed by atoms with Gasteiger partial charge in [-0.3, -0.25) is 4.79 Å². The summed E-state index contributed by atoms with van der Waals surface area (Å²) in [6.07, 6.45) is 0.563. The van der Waals surface area contributed by atoms with Crippen LogP contribution in [0.3, 0.4) is 0 Å². The minimum Gasteiger partial charge on any atom is -0.497 e. The maximum Gasteiger partial charge on any atom is 0.243 e. The van der Waals surface area contributed by atoms with Gasteiger partial charge in [0.05, 0.1) is 12.8 Å². The molecule has 2 unspecified atom stereocenters. The van der Waals surface area contributed by atoms with Crippen LogP contribution in [0, 0.1) is 5.82 Å². The fourth-order valence-electron chi connectivity index (χ4n) is 2.59. The highest BCUT2D eigenvalue weighted by atomic mass is 19.1. The number of hydrogen-bond donors (Lipinski definition) is 3. The van der Waals surface area contributed by atoms with Crippen molar-refractivity contribution < 1.29 is 13.9 Å². The van der Waals surface area contributed by atoms with Gasteiger partial charge in [-0.25, -0.2) is 15.2 Å². The molecule has 1 heterocycles. The van der Waals surface area contributed by atoms with E-state index in [2.05, 4.69) is 16.2 Å². The van der Waals surface area contributed by atoms with Crippen molar-refractivity contribution in [2.24, 2.45) is 0 Å².